The molecule has 0 aromatic rings. The summed E-state index contributed by atoms with van der Waals surface area (Å²) in [6.45, 7) is 3.75. The Bertz CT molecular complexity index is 173. The standard InChI is InChI=1S/C7H11NO3/c1-3-4-11-7(10)6(2)8-5-9/h6H,3-4H2,1-2H3/t6-/m0/s1. The van der Waals surface area contributed by atoms with Crippen molar-refractivity contribution in [3.8, 4) is 0 Å². The SMILES string of the molecule is CCCOC(=O)[C@H](C)N=C=O. The topological polar surface area (TPSA) is 55.7 Å². The highest BCUT2D eigenvalue weighted by atomic mass is 16.5. The zero-order valence-electron chi connectivity index (χ0n) is 6.66. The number of hydrogen-bond donors (Lipinski definition) is 0. The number of hydrogen-bond acceptors (Lipinski definition) is 4. The van der Waals surface area contributed by atoms with Gasteiger partial charge in [0, 0.05) is 0 Å². The number of carbonyl (C=O) groups is 1. The molecule has 0 aliphatic rings. The van der Waals surface area contributed by atoms with Crippen LogP contribution in [0.2, 0.25) is 0 Å². The summed E-state index contributed by atoms with van der Waals surface area (Å²) in [6.07, 6.45) is 2.07. The summed E-state index contributed by atoms with van der Waals surface area (Å²) in [6, 6.07) is -0.723. The summed E-state index contributed by atoms with van der Waals surface area (Å²) in [5.74, 6) is -0.477. The molecule has 0 heterocycles. The van der Waals surface area contributed by atoms with Crippen molar-refractivity contribution in [2.45, 2.75) is 26.3 Å². The van der Waals surface area contributed by atoms with Crippen molar-refractivity contribution in [2.24, 2.45) is 4.99 Å². The van der Waals surface area contributed by atoms with Crippen LogP contribution in [-0.4, -0.2) is 24.7 Å². The highest BCUT2D eigenvalue weighted by molar-refractivity contribution is 5.76. The van der Waals surface area contributed by atoms with Crippen molar-refractivity contribution in [3.63, 3.8) is 0 Å². The first-order valence-corrected chi connectivity index (χ1v) is 3.46. The van der Waals surface area contributed by atoms with Crippen LogP contribution < -0.4 is 0 Å². The zero-order valence-corrected chi connectivity index (χ0v) is 6.66. The van der Waals surface area contributed by atoms with Crippen LogP contribution in [0.5, 0.6) is 0 Å². The fraction of sp³-hybridized carbons (Fsp3) is 0.714. The highest BCUT2D eigenvalue weighted by Crippen LogP contribution is 1.92. The molecule has 0 unspecified atom stereocenters. The van der Waals surface area contributed by atoms with E-state index in [4.69, 9.17) is 4.74 Å². The lowest BCUT2D eigenvalue weighted by molar-refractivity contribution is -0.144. The van der Waals surface area contributed by atoms with E-state index in [1.54, 1.807) is 0 Å². The monoisotopic (exact) mass is 157 g/mol. The lowest BCUT2D eigenvalue weighted by Gasteiger charge is -2.03. The van der Waals surface area contributed by atoms with Crippen LogP contribution in [0.25, 0.3) is 0 Å². The van der Waals surface area contributed by atoms with Gasteiger partial charge in [-0.15, -0.1) is 0 Å². The maximum Gasteiger partial charge on any atom is 0.331 e. The predicted molar refractivity (Wildman–Crippen MR) is 38.8 cm³/mol. The van der Waals surface area contributed by atoms with E-state index in [9.17, 15) is 9.59 Å². The van der Waals surface area contributed by atoms with Crippen molar-refractivity contribution in [1.29, 1.82) is 0 Å². The van der Waals surface area contributed by atoms with Crippen LogP contribution in [-0.2, 0) is 14.3 Å². The number of nitrogens with zero attached hydrogens (tertiary/aromatic N) is 1. The first kappa shape index (κ1) is 9.85. The Balaban J connectivity index is 3.73. The smallest absolute Gasteiger partial charge is 0.331 e. The highest BCUT2D eigenvalue weighted by Gasteiger charge is 2.11. The Morgan fingerprint density at radius 2 is 2.36 bits per heavy atom. The summed E-state index contributed by atoms with van der Waals surface area (Å²) >= 11 is 0. The largest absolute Gasteiger partial charge is 0.464 e. The number of ether oxygens (including phenoxy) is 1. The molecule has 4 heteroatoms. The molecular weight excluding hydrogens is 146 g/mol. The van der Waals surface area contributed by atoms with E-state index in [1.807, 2.05) is 6.92 Å². The molecule has 62 valence electrons. The maximum atomic E-state index is 10.8. The summed E-state index contributed by atoms with van der Waals surface area (Å²) in [5.41, 5.74) is 0. The summed E-state index contributed by atoms with van der Waals surface area (Å²) < 4.78 is 4.69. The number of rotatable bonds is 4. The molecule has 0 saturated heterocycles. The average Bonchev–Trinajstić information content (AvgIpc) is 2.00. The zero-order chi connectivity index (χ0) is 8.69. The van der Waals surface area contributed by atoms with Crippen LogP contribution in [0.1, 0.15) is 20.3 Å². The summed E-state index contributed by atoms with van der Waals surface area (Å²) in [4.78, 5) is 23.7. The van der Waals surface area contributed by atoms with E-state index < -0.39 is 12.0 Å². The molecule has 0 aromatic carbocycles. The lowest BCUT2D eigenvalue weighted by atomic mass is 10.4. The minimum atomic E-state index is -0.723. The predicted octanol–water partition coefficient (Wildman–Crippen LogP) is 0.664. The number of esters is 1. The van der Waals surface area contributed by atoms with Crippen molar-refractivity contribution in [2.75, 3.05) is 6.61 Å². The van der Waals surface area contributed by atoms with Gasteiger partial charge in [-0.2, -0.15) is 4.99 Å². The van der Waals surface area contributed by atoms with Gasteiger partial charge in [0.05, 0.1) is 6.61 Å². The second-order valence-corrected chi connectivity index (χ2v) is 2.06. The first-order valence-electron chi connectivity index (χ1n) is 3.46. The molecule has 0 bridgehead atoms. The van der Waals surface area contributed by atoms with E-state index in [1.165, 1.54) is 13.0 Å². The van der Waals surface area contributed by atoms with Gasteiger partial charge < -0.3 is 4.74 Å². The Morgan fingerprint density at radius 1 is 1.73 bits per heavy atom. The van der Waals surface area contributed by atoms with Crippen LogP contribution in [0, 0.1) is 0 Å². The van der Waals surface area contributed by atoms with Crippen molar-refractivity contribution < 1.29 is 14.3 Å². The molecule has 0 saturated carbocycles. The van der Waals surface area contributed by atoms with Crippen molar-refractivity contribution >= 4 is 12.0 Å². The van der Waals surface area contributed by atoms with Gasteiger partial charge in [0.25, 0.3) is 0 Å². The molecule has 0 N–H and O–H groups in total. The third kappa shape index (κ3) is 4.28. The molecule has 0 rings (SSSR count). The first-order chi connectivity index (χ1) is 5.22. The molecule has 0 aliphatic carbocycles. The van der Waals surface area contributed by atoms with E-state index in [0.29, 0.717) is 6.61 Å². The second-order valence-electron chi connectivity index (χ2n) is 2.06. The Labute approximate surface area is 65.3 Å². The van der Waals surface area contributed by atoms with Gasteiger partial charge in [0.2, 0.25) is 6.08 Å². The molecule has 0 spiro atoms. The normalized spacial score (nSPS) is 11.5. The number of aliphatic imine (C=N–C) groups is 1. The van der Waals surface area contributed by atoms with Gasteiger partial charge in [-0.25, -0.2) is 9.59 Å². The molecule has 0 amide bonds. The van der Waals surface area contributed by atoms with Crippen molar-refractivity contribution in [1.82, 2.24) is 0 Å². The van der Waals surface area contributed by atoms with Gasteiger partial charge in [-0.05, 0) is 13.3 Å². The Kier molecular flexibility index (Phi) is 5.03. The van der Waals surface area contributed by atoms with Gasteiger partial charge >= 0.3 is 5.97 Å². The van der Waals surface area contributed by atoms with Gasteiger partial charge in [0.15, 0.2) is 6.04 Å². The fourth-order valence-electron chi connectivity index (χ4n) is 0.455. The minimum Gasteiger partial charge on any atom is -0.464 e. The molecule has 11 heavy (non-hydrogen) atoms. The third-order valence-electron chi connectivity index (χ3n) is 1.04. The second kappa shape index (κ2) is 5.62. The number of carbonyl (C=O) groups excluding carboxylic acids is 2. The molecule has 1 atom stereocenters. The van der Waals surface area contributed by atoms with Gasteiger partial charge in [-0.1, -0.05) is 6.92 Å². The van der Waals surface area contributed by atoms with E-state index in [0.717, 1.165) is 6.42 Å². The molecule has 4 nitrogen and oxygen atoms in total. The fourth-order valence-corrected chi connectivity index (χ4v) is 0.455. The van der Waals surface area contributed by atoms with E-state index in [-0.39, 0.29) is 0 Å². The number of isocyanates is 1. The maximum absolute atomic E-state index is 10.8. The lowest BCUT2D eigenvalue weighted by Crippen LogP contribution is -2.18. The van der Waals surface area contributed by atoms with Gasteiger partial charge in [0.1, 0.15) is 0 Å². The Morgan fingerprint density at radius 3 is 2.82 bits per heavy atom. The summed E-state index contributed by atoms with van der Waals surface area (Å²) in [7, 11) is 0. The van der Waals surface area contributed by atoms with Gasteiger partial charge in [-0.3, -0.25) is 0 Å². The van der Waals surface area contributed by atoms with E-state index >= 15 is 0 Å². The molecule has 0 aliphatic heterocycles. The van der Waals surface area contributed by atoms with Crippen LogP contribution >= 0.6 is 0 Å². The Hall–Kier alpha value is -1.15. The molecule has 0 radical (unpaired) electrons. The quantitative estimate of drug-likeness (QED) is 0.342. The molecular formula is C7H11NO3. The third-order valence-corrected chi connectivity index (χ3v) is 1.04. The van der Waals surface area contributed by atoms with Crippen LogP contribution in [0.3, 0.4) is 0 Å². The molecule has 0 aromatic heterocycles. The van der Waals surface area contributed by atoms with Crippen molar-refractivity contribution in [3.05, 3.63) is 0 Å². The average molecular weight is 157 g/mol. The minimum absolute atomic E-state index is 0.373. The van der Waals surface area contributed by atoms with Crippen LogP contribution in [0.15, 0.2) is 4.99 Å². The molecule has 0 fully saturated rings. The summed E-state index contributed by atoms with van der Waals surface area (Å²) in [5, 5.41) is 0. The van der Waals surface area contributed by atoms with E-state index in [2.05, 4.69) is 4.99 Å². The van der Waals surface area contributed by atoms with Crippen LogP contribution in [0.4, 0.5) is 0 Å².